The van der Waals surface area contributed by atoms with Crippen molar-refractivity contribution in [2.24, 2.45) is 0 Å². The summed E-state index contributed by atoms with van der Waals surface area (Å²) in [4.78, 5) is 24.2. The predicted octanol–water partition coefficient (Wildman–Crippen LogP) is 2.40. The number of aromatic nitrogens is 3. The fourth-order valence-electron chi connectivity index (χ4n) is 2.63. The fraction of sp³-hybridized carbons (Fsp3) is 0.263. The number of carbonyl (C=O) groups is 2. The van der Waals surface area contributed by atoms with Crippen molar-refractivity contribution in [3.05, 3.63) is 64.9 Å². The van der Waals surface area contributed by atoms with Gasteiger partial charge in [0.1, 0.15) is 17.3 Å². The summed E-state index contributed by atoms with van der Waals surface area (Å²) in [6.45, 7) is 5.95. The van der Waals surface area contributed by atoms with Gasteiger partial charge in [0.2, 0.25) is 5.91 Å². The van der Waals surface area contributed by atoms with Crippen LogP contribution in [0.15, 0.2) is 46.0 Å². The molecule has 0 radical (unpaired) electrons. The standard InChI is InChI=1S/C19H21N5O3S/c1-12-9-16(13(2)27-12)18(26)22-21-17(25)11-28-19-23-20-14(3)24(19)10-15-7-5-4-6-8-15/h4-9H,10-11H2,1-3H3,(H,21,25)(H,22,26). The van der Waals surface area contributed by atoms with E-state index in [-0.39, 0.29) is 11.7 Å². The third-order valence-electron chi connectivity index (χ3n) is 4.02. The molecule has 2 N–H and O–H groups in total. The number of carbonyl (C=O) groups excluding carboxylic acids is 2. The SMILES string of the molecule is Cc1cc(C(=O)NNC(=O)CSc2nnc(C)n2Cc2ccccc2)c(C)o1. The molecule has 0 saturated carbocycles. The van der Waals surface area contributed by atoms with E-state index in [1.54, 1.807) is 19.9 Å². The Labute approximate surface area is 166 Å². The molecule has 9 heteroatoms. The van der Waals surface area contributed by atoms with Gasteiger partial charge in [0.15, 0.2) is 5.16 Å². The minimum absolute atomic E-state index is 0.0938. The van der Waals surface area contributed by atoms with Crippen molar-refractivity contribution in [3.63, 3.8) is 0 Å². The van der Waals surface area contributed by atoms with Gasteiger partial charge in [-0.15, -0.1) is 10.2 Å². The van der Waals surface area contributed by atoms with Crippen LogP contribution in [0.1, 0.15) is 33.3 Å². The topological polar surface area (TPSA) is 102 Å². The van der Waals surface area contributed by atoms with Crippen molar-refractivity contribution in [2.75, 3.05) is 5.75 Å². The number of rotatable bonds is 6. The van der Waals surface area contributed by atoms with Gasteiger partial charge in [-0.3, -0.25) is 20.4 Å². The van der Waals surface area contributed by atoms with Gasteiger partial charge < -0.3 is 8.98 Å². The molecule has 0 saturated heterocycles. The second-order valence-electron chi connectivity index (χ2n) is 6.22. The Kier molecular flexibility index (Phi) is 6.15. The summed E-state index contributed by atoms with van der Waals surface area (Å²) in [5.74, 6) is 1.24. The van der Waals surface area contributed by atoms with Crippen molar-refractivity contribution >= 4 is 23.6 Å². The summed E-state index contributed by atoms with van der Waals surface area (Å²) in [6, 6.07) is 11.6. The number of hydrazine groups is 1. The first kappa shape index (κ1) is 19.7. The largest absolute Gasteiger partial charge is 0.466 e. The number of aryl methyl sites for hydroxylation is 3. The second kappa shape index (κ2) is 8.75. The summed E-state index contributed by atoms with van der Waals surface area (Å²) < 4.78 is 7.26. The van der Waals surface area contributed by atoms with Gasteiger partial charge in [-0.1, -0.05) is 42.1 Å². The monoisotopic (exact) mass is 399 g/mol. The molecule has 2 heterocycles. The number of benzene rings is 1. The number of amides is 2. The lowest BCUT2D eigenvalue weighted by Gasteiger charge is -2.09. The highest BCUT2D eigenvalue weighted by Gasteiger charge is 2.15. The molecule has 0 aliphatic rings. The molecular weight excluding hydrogens is 378 g/mol. The van der Waals surface area contributed by atoms with E-state index < -0.39 is 5.91 Å². The maximum Gasteiger partial charge on any atom is 0.273 e. The second-order valence-corrected chi connectivity index (χ2v) is 7.16. The molecule has 0 aliphatic carbocycles. The van der Waals surface area contributed by atoms with E-state index in [9.17, 15) is 9.59 Å². The Morgan fingerprint density at radius 2 is 1.86 bits per heavy atom. The summed E-state index contributed by atoms with van der Waals surface area (Å²) >= 11 is 1.26. The Balaban J connectivity index is 1.54. The van der Waals surface area contributed by atoms with Crippen LogP contribution < -0.4 is 10.9 Å². The Bertz CT molecular complexity index is 981. The van der Waals surface area contributed by atoms with Gasteiger partial charge in [0.25, 0.3) is 5.91 Å². The van der Waals surface area contributed by atoms with Crippen LogP contribution in [0.5, 0.6) is 0 Å². The number of nitrogens with one attached hydrogen (secondary N) is 2. The highest BCUT2D eigenvalue weighted by molar-refractivity contribution is 7.99. The number of thioether (sulfide) groups is 1. The highest BCUT2D eigenvalue weighted by Crippen LogP contribution is 2.18. The van der Waals surface area contributed by atoms with Gasteiger partial charge in [-0.25, -0.2) is 0 Å². The lowest BCUT2D eigenvalue weighted by molar-refractivity contribution is -0.119. The average Bonchev–Trinajstić information content (AvgIpc) is 3.20. The predicted molar refractivity (Wildman–Crippen MR) is 105 cm³/mol. The zero-order valence-corrected chi connectivity index (χ0v) is 16.7. The third kappa shape index (κ3) is 4.80. The number of hydrogen-bond donors (Lipinski definition) is 2. The summed E-state index contributed by atoms with van der Waals surface area (Å²) in [7, 11) is 0. The first-order chi connectivity index (χ1) is 13.4. The van der Waals surface area contributed by atoms with Gasteiger partial charge >= 0.3 is 0 Å². The maximum atomic E-state index is 12.1. The molecule has 3 rings (SSSR count). The molecular formula is C19H21N5O3S. The zero-order chi connectivity index (χ0) is 20.1. The first-order valence-electron chi connectivity index (χ1n) is 8.67. The third-order valence-corrected chi connectivity index (χ3v) is 4.99. The van der Waals surface area contributed by atoms with Crippen LogP contribution in [0.25, 0.3) is 0 Å². The summed E-state index contributed by atoms with van der Waals surface area (Å²) in [6.07, 6.45) is 0. The van der Waals surface area contributed by atoms with E-state index in [4.69, 9.17) is 4.42 Å². The molecule has 3 aromatic rings. The number of furan rings is 1. The minimum Gasteiger partial charge on any atom is -0.466 e. The molecule has 0 aliphatic heterocycles. The van der Waals surface area contributed by atoms with Gasteiger partial charge in [0, 0.05) is 0 Å². The van der Waals surface area contributed by atoms with Gasteiger partial charge in [-0.05, 0) is 32.4 Å². The van der Waals surface area contributed by atoms with Crippen molar-refractivity contribution in [1.29, 1.82) is 0 Å². The first-order valence-corrected chi connectivity index (χ1v) is 9.65. The summed E-state index contributed by atoms with van der Waals surface area (Å²) in [5, 5.41) is 8.88. The lowest BCUT2D eigenvalue weighted by atomic mass is 10.2. The van der Waals surface area contributed by atoms with E-state index in [0.717, 1.165) is 11.4 Å². The fourth-order valence-corrected chi connectivity index (χ4v) is 3.42. The van der Waals surface area contributed by atoms with E-state index >= 15 is 0 Å². The van der Waals surface area contributed by atoms with Crippen LogP contribution in [0, 0.1) is 20.8 Å². The van der Waals surface area contributed by atoms with E-state index in [1.165, 1.54) is 11.8 Å². The Morgan fingerprint density at radius 1 is 1.11 bits per heavy atom. The molecule has 0 fully saturated rings. The van der Waals surface area contributed by atoms with Gasteiger partial charge in [-0.2, -0.15) is 0 Å². The minimum atomic E-state index is -0.421. The van der Waals surface area contributed by atoms with E-state index in [0.29, 0.717) is 28.8 Å². The number of nitrogens with zero attached hydrogens (tertiary/aromatic N) is 3. The van der Waals surface area contributed by atoms with E-state index in [2.05, 4.69) is 21.0 Å². The molecule has 0 atom stereocenters. The molecule has 1 aromatic carbocycles. The van der Waals surface area contributed by atoms with Crippen LogP contribution >= 0.6 is 11.8 Å². The molecule has 2 aromatic heterocycles. The van der Waals surface area contributed by atoms with Gasteiger partial charge in [0.05, 0.1) is 17.9 Å². The van der Waals surface area contributed by atoms with Crippen LogP contribution in [0.3, 0.4) is 0 Å². The Hall–Kier alpha value is -3.07. The van der Waals surface area contributed by atoms with Crippen molar-refractivity contribution in [3.8, 4) is 0 Å². The van der Waals surface area contributed by atoms with Crippen LogP contribution in [0.2, 0.25) is 0 Å². The molecule has 146 valence electrons. The maximum absolute atomic E-state index is 12.1. The molecule has 8 nitrogen and oxygen atoms in total. The molecule has 2 amide bonds. The summed E-state index contributed by atoms with van der Waals surface area (Å²) in [5.41, 5.74) is 6.31. The van der Waals surface area contributed by atoms with Crippen LogP contribution in [-0.4, -0.2) is 32.3 Å². The van der Waals surface area contributed by atoms with Crippen molar-refractivity contribution in [2.45, 2.75) is 32.5 Å². The smallest absolute Gasteiger partial charge is 0.273 e. The van der Waals surface area contributed by atoms with Crippen molar-refractivity contribution in [1.82, 2.24) is 25.6 Å². The van der Waals surface area contributed by atoms with E-state index in [1.807, 2.05) is 41.8 Å². The molecule has 0 unspecified atom stereocenters. The molecule has 0 spiro atoms. The van der Waals surface area contributed by atoms with Crippen LogP contribution in [-0.2, 0) is 11.3 Å². The quantitative estimate of drug-likeness (QED) is 0.487. The zero-order valence-electron chi connectivity index (χ0n) is 15.9. The highest BCUT2D eigenvalue weighted by atomic mass is 32.2. The van der Waals surface area contributed by atoms with Crippen LogP contribution in [0.4, 0.5) is 0 Å². The average molecular weight is 399 g/mol. The molecule has 0 bridgehead atoms. The lowest BCUT2D eigenvalue weighted by Crippen LogP contribution is -2.42. The normalized spacial score (nSPS) is 10.7. The van der Waals surface area contributed by atoms with Crippen molar-refractivity contribution < 1.29 is 14.0 Å². The number of hydrogen-bond acceptors (Lipinski definition) is 6. The Morgan fingerprint density at radius 3 is 2.54 bits per heavy atom. The molecule has 28 heavy (non-hydrogen) atoms.